The van der Waals surface area contributed by atoms with Crippen molar-refractivity contribution in [1.29, 1.82) is 5.26 Å². The number of anilines is 2. The van der Waals surface area contributed by atoms with Gasteiger partial charge in [-0.15, -0.1) is 10.2 Å². The van der Waals surface area contributed by atoms with Crippen molar-refractivity contribution in [3.63, 3.8) is 0 Å². The topological polar surface area (TPSA) is 134 Å². The van der Waals surface area contributed by atoms with E-state index >= 15 is 0 Å². The molecule has 3 N–H and O–H groups in total. The Morgan fingerprint density at radius 1 is 1.30 bits per heavy atom. The van der Waals surface area contributed by atoms with Crippen molar-refractivity contribution in [2.45, 2.75) is 36.4 Å². The van der Waals surface area contributed by atoms with Crippen LogP contribution in [0.15, 0.2) is 69.5 Å². The van der Waals surface area contributed by atoms with Gasteiger partial charge in [-0.2, -0.15) is 5.26 Å². The maximum atomic E-state index is 13.3. The second-order valence-electron chi connectivity index (χ2n) is 9.21. The van der Waals surface area contributed by atoms with Crippen LogP contribution in [0.3, 0.4) is 0 Å². The molecule has 0 saturated carbocycles. The lowest BCUT2D eigenvalue weighted by atomic mass is 9.75. The van der Waals surface area contributed by atoms with Crippen LogP contribution in [0.1, 0.15) is 36.3 Å². The van der Waals surface area contributed by atoms with Crippen LogP contribution in [0.5, 0.6) is 5.75 Å². The van der Waals surface area contributed by atoms with Crippen LogP contribution < -0.4 is 20.7 Å². The Labute approximate surface area is 244 Å². The highest BCUT2D eigenvalue weighted by atomic mass is 35.5. The molecule has 5 rings (SSSR count). The third-order valence-corrected chi connectivity index (χ3v) is 9.10. The number of methoxy groups -OCH3 is 1. The van der Waals surface area contributed by atoms with Crippen LogP contribution in [0.2, 0.25) is 5.02 Å². The molecular weight excluding hydrogens is 568 g/mol. The molecule has 1 amide bonds. The second kappa shape index (κ2) is 11.7. The van der Waals surface area contributed by atoms with Crippen LogP contribution >= 0.6 is 34.7 Å². The molecule has 0 spiro atoms. The number of hydrogen-bond donors (Lipinski definition) is 2. The number of ether oxygens (including phenoxy) is 1. The first kappa shape index (κ1) is 27.7. The predicted octanol–water partition coefficient (Wildman–Crippen LogP) is 5.54. The number of allylic oxidation sites excluding steroid dienone is 3. The number of nitriles is 1. The van der Waals surface area contributed by atoms with Gasteiger partial charge in [-0.25, -0.2) is 0 Å². The molecule has 0 saturated heterocycles. The number of carbonyl (C=O) groups excluding carboxylic acids is 2. The maximum absolute atomic E-state index is 13.3. The summed E-state index contributed by atoms with van der Waals surface area (Å²) in [5.74, 6) is 0.0945. The Morgan fingerprint density at radius 2 is 2.10 bits per heavy atom. The number of nitrogens with one attached hydrogen (secondary N) is 1. The first-order valence-electron chi connectivity index (χ1n) is 12.4. The van der Waals surface area contributed by atoms with E-state index in [0.717, 1.165) is 16.8 Å². The molecule has 204 valence electrons. The van der Waals surface area contributed by atoms with E-state index in [4.69, 9.17) is 22.1 Å². The van der Waals surface area contributed by atoms with Crippen molar-refractivity contribution in [3.05, 3.63) is 81.3 Å². The molecule has 0 fully saturated rings. The molecule has 9 nitrogen and oxygen atoms in total. The summed E-state index contributed by atoms with van der Waals surface area (Å²) >= 11 is 8.62. The first-order valence-corrected chi connectivity index (χ1v) is 14.6. The molecule has 1 aliphatic carbocycles. The summed E-state index contributed by atoms with van der Waals surface area (Å²) in [4.78, 5) is 27.5. The quantitative estimate of drug-likeness (QED) is 0.339. The van der Waals surface area contributed by atoms with Gasteiger partial charge in [-0.1, -0.05) is 59.0 Å². The number of halogens is 1. The second-order valence-corrected chi connectivity index (χ2v) is 11.8. The highest BCUT2D eigenvalue weighted by Gasteiger charge is 2.41. The molecular formula is C28H25ClN6O3S2. The van der Waals surface area contributed by atoms with Crippen molar-refractivity contribution >= 4 is 57.2 Å². The summed E-state index contributed by atoms with van der Waals surface area (Å²) in [6.07, 6.45) is 1.72. The number of aryl methyl sites for hydroxylation is 1. The lowest BCUT2D eigenvalue weighted by molar-refractivity contribution is -0.116. The number of aromatic nitrogens is 2. The molecule has 12 heteroatoms. The summed E-state index contributed by atoms with van der Waals surface area (Å²) in [6.45, 7) is 1.97. The first-order chi connectivity index (χ1) is 19.3. The molecule has 1 aliphatic heterocycles. The largest absolute Gasteiger partial charge is 0.495 e. The van der Waals surface area contributed by atoms with Gasteiger partial charge in [-0.05, 0) is 49.1 Å². The van der Waals surface area contributed by atoms with Gasteiger partial charge >= 0.3 is 0 Å². The molecule has 2 aliphatic rings. The fourth-order valence-corrected chi connectivity index (χ4v) is 6.88. The summed E-state index contributed by atoms with van der Waals surface area (Å²) in [6, 6.07) is 15.0. The SMILES string of the molecule is COc1ccc(NC(=O)CSc2nnc(N3C(N)=C(C#N)C(c4ccccc4C)C4=C3CCCC4=O)s2)cc1Cl. The standard InChI is InChI=1S/C28H25ClN6O3S2/c1-15-6-3-4-7-17(15)24-18(13-30)26(31)35(20-8-5-9-21(36)25(20)24)27-33-34-28(40-27)39-14-23(37)32-16-10-11-22(38-2)19(29)12-16/h3-4,6-7,10-12,24H,5,8-9,14,31H2,1-2H3,(H,32,37). The Balaban J connectivity index is 1.39. The number of rotatable bonds is 7. The molecule has 3 aromatic rings. The van der Waals surface area contributed by atoms with Gasteiger partial charge in [-0.3, -0.25) is 14.5 Å². The average molecular weight is 593 g/mol. The van der Waals surface area contributed by atoms with E-state index in [1.807, 2.05) is 31.2 Å². The molecule has 1 aromatic heterocycles. The highest BCUT2D eigenvalue weighted by molar-refractivity contribution is 8.01. The minimum atomic E-state index is -0.526. The van der Waals surface area contributed by atoms with Crippen LogP contribution in [0.4, 0.5) is 10.8 Å². The van der Waals surface area contributed by atoms with Gasteiger partial charge < -0.3 is 15.8 Å². The van der Waals surface area contributed by atoms with E-state index in [0.29, 0.717) is 56.3 Å². The predicted molar refractivity (Wildman–Crippen MR) is 156 cm³/mol. The summed E-state index contributed by atoms with van der Waals surface area (Å²) < 4.78 is 5.69. The Bertz CT molecular complexity index is 1610. The third kappa shape index (κ3) is 5.30. The summed E-state index contributed by atoms with van der Waals surface area (Å²) in [5, 5.41) is 22.4. The zero-order valence-corrected chi connectivity index (χ0v) is 24.1. The number of benzene rings is 2. The lowest BCUT2D eigenvalue weighted by Crippen LogP contribution is -2.38. The van der Waals surface area contributed by atoms with Crippen LogP contribution in [0.25, 0.3) is 0 Å². The lowest BCUT2D eigenvalue weighted by Gasteiger charge is -2.38. The molecule has 0 bridgehead atoms. The van der Waals surface area contributed by atoms with Crippen molar-refractivity contribution in [2.75, 3.05) is 23.1 Å². The van der Waals surface area contributed by atoms with Crippen LogP contribution in [0, 0.1) is 18.3 Å². The third-order valence-electron chi connectivity index (χ3n) is 6.76. The van der Waals surface area contributed by atoms with E-state index in [-0.39, 0.29) is 23.3 Å². The number of amides is 1. The Kier molecular flexibility index (Phi) is 8.12. The fraction of sp³-hybridized carbons (Fsp3) is 0.250. The maximum Gasteiger partial charge on any atom is 0.234 e. The van der Waals surface area contributed by atoms with Gasteiger partial charge in [0, 0.05) is 23.4 Å². The van der Waals surface area contributed by atoms with Crippen molar-refractivity contribution in [1.82, 2.24) is 10.2 Å². The van der Waals surface area contributed by atoms with E-state index in [2.05, 4.69) is 21.6 Å². The van der Waals surface area contributed by atoms with Crippen LogP contribution in [-0.4, -0.2) is 34.8 Å². The Morgan fingerprint density at radius 3 is 2.83 bits per heavy atom. The van der Waals surface area contributed by atoms with E-state index < -0.39 is 5.92 Å². The van der Waals surface area contributed by atoms with Gasteiger partial charge in [0.15, 0.2) is 10.1 Å². The average Bonchev–Trinajstić information content (AvgIpc) is 3.40. The molecule has 0 radical (unpaired) electrons. The van der Waals surface area contributed by atoms with Gasteiger partial charge in [0.1, 0.15) is 11.6 Å². The number of Topliss-reactive ketones (excluding diaryl/α,β-unsaturated/α-hetero) is 1. The minimum absolute atomic E-state index is 0.00849. The molecule has 2 heterocycles. The minimum Gasteiger partial charge on any atom is -0.495 e. The molecule has 2 aromatic carbocycles. The molecule has 1 atom stereocenters. The zero-order valence-electron chi connectivity index (χ0n) is 21.7. The zero-order chi connectivity index (χ0) is 28.4. The number of hydrogen-bond acceptors (Lipinski definition) is 10. The van der Waals surface area contributed by atoms with E-state index in [1.165, 1.54) is 30.2 Å². The fourth-order valence-electron chi connectivity index (χ4n) is 4.95. The van der Waals surface area contributed by atoms with Crippen molar-refractivity contribution in [2.24, 2.45) is 5.73 Å². The van der Waals surface area contributed by atoms with Crippen molar-refractivity contribution < 1.29 is 14.3 Å². The monoisotopic (exact) mass is 592 g/mol. The highest BCUT2D eigenvalue weighted by Crippen LogP contribution is 2.47. The summed E-state index contributed by atoms with van der Waals surface area (Å²) in [7, 11) is 1.52. The number of nitrogens with zero attached hydrogens (tertiary/aromatic N) is 4. The number of thioether (sulfide) groups is 1. The normalized spacial score (nSPS) is 17.0. The van der Waals surface area contributed by atoms with Crippen molar-refractivity contribution in [3.8, 4) is 11.8 Å². The van der Waals surface area contributed by atoms with Crippen LogP contribution in [-0.2, 0) is 9.59 Å². The van der Waals surface area contributed by atoms with Gasteiger partial charge in [0.2, 0.25) is 11.0 Å². The number of ketones is 1. The Hall–Kier alpha value is -3.85. The van der Waals surface area contributed by atoms with E-state index in [1.54, 1.807) is 23.1 Å². The smallest absolute Gasteiger partial charge is 0.234 e. The number of carbonyl (C=O) groups is 2. The summed E-state index contributed by atoms with van der Waals surface area (Å²) in [5.41, 5.74) is 10.7. The van der Waals surface area contributed by atoms with E-state index in [9.17, 15) is 14.9 Å². The molecule has 1 unspecified atom stereocenters. The van der Waals surface area contributed by atoms with Gasteiger partial charge in [0.25, 0.3) is 0 Å². The molecule has 40 heavy (non-hydrogen) atoms. The van der Waals surface area contributed by atoms with Gasteiger partial charge in [0.05, 0.1) is 35.4 Å². The number of nitrogens with two attached hydrogens (primary N) is 1.